The zero-order chi connectivity index (χ0) is 15.3. The minimum Gasteiger partial charge on any atom is -0.286 e. The highest BCUT2D eigenvalue weighted by molar-refractivity contribution is 7.85. The highest BCUT2D eigenvalue weighted by atomic mass is 32.2. The van der Waals surface area contributed by atoms with E-state index in [2.05, 4.69) is 6.92 Å². The van der Waals surface area contributed by atoms with Crippen molar-refractivity contribution < 1.29 is 13.0 Å². The Morgan fingerprint density at radius 3 is 1.60 bits per heavy atom. The quantitative estimate of drug-likeness (QED) is 0.354. The molecule has 0 aliphatic heterocycles. The molecule has 0 aromatic carbocycles. The van der Waals surface area contributed by atoms with Gasteiger partial charge < -0.3 is 0 Å². The van der Waals surface area contributed by atoms with Gasteiger partial charge in [-0.05, 0) is 12.3 Å². The molecule has 0 saturated heterocycles. The molecule has 0 radical (unpaired) electrons. The molecule has 0 amide bonds. The van der Waals surface area contributed by atoms with Crippen molar-refractivity contribution in [3.8, 4) is 0 Å². The van der Waals surface area contributed by atoms with E-state index < -0.39 is 10.1 Å². The van der Waals surface area contributed by atoms with Crippen molar-refractivity contribution in [2.45, 2.75) is 90.9 Å². The monoisotopic (exact) mass is 306 g/mol. The molecule has 0 aromatic rings. The summed E-state index contributed by atoms with van der Waals surface area (Å²) in [7, 11) is -3.79. The van der Waals surface area contributed by atoms with Gasteiger partial charge in [-0.15, -0.1) is 0 Å². The van der Waals surface area contributed by atoms with E-state index >= 15 is 0 Å². The fourth-order valence-electron chi connectivity index (χ4n) is 2.60. The van der Waals surface area contributed by atoms with Crippen LogP contribution in [0.3, 0.4) is 0 Å². The van der Waals surface area contributed by atoms with Gasteiger partial charge in [0, 0.05) is 0 Å². The maximum atomic E-state index is 10.7. The van der Waals surface area contributed by atoms with E-state index in [1.54, 1.807) is 0 Å². The summed E-state index contributed by atoms with van der Waals surface area (Å²) in [6.45, 7) is 4.14. The molecule has 0 rings (SSSR count). The van der Waals surface area contributed by atoms with E-state index in [9.17, 15) is 8.42 Å². The lowest BCUT2D eigenvalue weighted by atomic mass is 10.0. The molecule has 1 atom stereocenters. The standard InChI is InChI=1S/C16H34O3S/c1-3-4-5-6-7-8-9-10-11-12-13-14-16(2)15-20(17,18)19/h16H,3-15H2,1-2H3,(H,17,18,19)/t16-/m0/s1. The van der Waals surface area contributed by atoms with Gasteiger partial charge in [-0.3, -0.25) is 4.55 Å². The van der Waals surface area contributed by atoms with Crippen molar-refractivity contribution >= 4 is 10.1 Å². The third kappa shape index (κ3) is 16.0. The molecule has 0 aliphatic rings. The van der Waals surface area contributed by atoms with Crippen molar-refractivity contribution in [3.63, 3.8) is 0 Å². The van der Waals surface area contributed by atoms with Gasteiger partial charge in [0.15, 0.2) is 0 Å². The lowest BCUT2D eigenvalue weighted by Gasteiger charge is -2.08. The number of hydrogen-bond donors (Lipinski definition) is 1. The van der Waals surface area contributed by atoms with Crippen LogP contribution in [0.15, 0.2) is 0 Å². The van der Waals surface area contributed by atoms with Crippen LogP contribution in [0.1, 0.15) is 90.9 Å². The molecule has 0 fully saturated rings. The lowest BCUT2D eigenvalue weighted by molar-refractivity contribution is 0.454. The second-order valence-electron chi connectivity index (χ2n) is 6.18. The molecule has 0 spiro atoms. The predicted octanol–water partition coefficient (Wildman–Crippen LogP) is 5.21. The van der Waals surface area contributed by atoms with E-state index in [0.29, 0.717) is 0 Å². The molecule has 0 aromatic heterocycles. The van der Waals surface area contributed by atoms with E-state index in [1.807, 2.05) is 6.92 Å². The highest BCUT2D eigenvalue weighted by Crippen LogP contribution is 2.14. The Labute approximate surface area is 126 Å². The normalized spacial score (nSPS) is 13.6. The Morgan fingerprint density at radius 2 is 1.20 bits per heavy atom. The Kier molecular flexibility index (Phi) is 12.6. The van der Waals surface area contributed by atoms with Gasteiger partial charge in [-0.25, -0.2) is 0 Å². The average Bonchev–Trinajstić information content (AvgIpc) is 2.34. The van der Waals surface area contributed by atoms with E-state index in [0.717, 1.165) is 12.8 Å². The van der Waals surface area contributed by atoms with E-state index in [1.165, 1.54) is 64.2 Å². The number of hydrogen-bond acceptors (Lipinski definition) is 2. The molecule has 0 unspecified atom stereocenters. The Bertz CT molecular complexity index is 299. The van der Waals surface area contributed by atoms with Crippen LogP contribution in [0.4, 0.5) is 0 Å². The minimum atomic E-state index is -3.79. The maximum Gasteiger partial charge on any atom is 0.265 e. The first kappa shape index (κ1) is 19.9. The van der Waals surface area contributed by atoms with Crippen LogP contribution in [0, 0.1) is 5.92 Å². The van der Waals surface area contributed by atoms with Crippen molar-refractivity contribution in [2.24, 2.45) is 5.92 Å². The van der Waals surface area contributed by atoms with Gasteiger partial charge in [0.25, 0.3) is 10.1 Å². The Balaban J connectivity index is 3.20. The van der Waals surface area contributed by atoms with Crippen LogP contribution in [-0.4, -0.2) is 18.7 Å². The van der Waals surface area contributed by atoms with Gasteiger partial charge in [-0.2, -0.15) is 8.42 Å². The summed E-state index contributed by atoms with van der Waals surface area (Å²) in [6.07, 6.45) is 15.3. The first-order chi connectivity index (χ1) is 9.45. The van der Waals surface area contributed by atoms with Gasteiger partial charge >= 0.3 is 0 Å². The second-order valence-corrected chi connectivity index (χ2v) is 7.68. The maximum absolute atomic E-state index is 10.7. The molecule has 4 heteroatoms. The van der Waals surface area contributed by atoms with Crippen LogP contribution in [0.25, 0.3) is 0 Å². The second kappa shape index (κ2) is 12.6. The van der Waals surface area contributed by atoms with Crippen molar-refractivity contribution in [1.82, 2.24) is 0 Å². The largest absolute Gasteiger partial charge is 0.286 e. The molecule has 122 valence electrons. The van der Waals surface area contributed by atoms with Crippen LogP contribution < -0.4 is 0 Å². The molecule has 0 saturated carbocycles. The van der Waals surface area contributed by atoms with E-state index in [4.69, 9.17) is 4.55 Å². The van der Waals surface area contributed by atoms with Gasteiger partial charge in [0.2, 0.25) is 0 Å². The summed E-state index contributed by atoms with van der Waals surface area (Å²) in [5, 5.41) is 0. The van der Waals surface area contributed by atoms with E-state index in [-0.39, 0.29) is 11.7 Å². The van der Waals surface area contributed by atoms with Crippen LogP contribution in [0.2, 0.25) is 0 Å². The summed E-state index contributed by atoms with van der Waals surface area (Å²) in [5.74, 6) is -0.0198. The molecule has 20 heavy (non-hydrogen) atoms. The van der Waals surface area contributed by atoms with Crippen molar-refractivity contribution in [1.29, 1.82) is 0 Å². The lowest BCUT2D eigenvalue weighted by Crippen LogP contribution is -2.12. The average molecular weight is 307 g/mol. The van der Waals surface area contributed by atoms with Gasteiger partial charge in [0.05, 0.1) is 5.75 Å². The third-order valence-electron chi connectivity index (χ3n) is 3.80. The Hall–Kier alpha value is -0.0900. The topological polar surface area (TPSA) is 54.4 Å². The van der Waals surface area contributed by atoms with Crippen molar-refractivity contribution in [2.75, 3.05) is 5.75 Å². The molecule has 0 aliphatic carbocycles. The summed E-state index contributed by atoms with van der Waals surface area (Å²) in [5.41, 5.74) is 0. The van der Waals surface area contributed by atoms with Gasteiger partial charge in [-0.1, -0.05) is 84.5 Å². The zero-order valence-corrected chi connectivity index (χ0v) is 14.3. The molecule has 0 heterocycles. The number of unbranched alkanes of at least 4 members (excludes halogenated alkanes) is 10. The SMILES string of the molecule is CCCCCCCCCCCCC[C@H](C)CS(=O)(=O)O. The molecular weight excluding hydrogens is 272 g/mol. The summed E-state index contributed by atoms with van der Waals surface area (Å²) in [4.78, 5) is 0. The predicted molar refractivity (Wildman–Crippen MR) is 86.7 cm³/mol. The molecule has 3 nitrogen and oxygen atoms in total. The summed E-state index contributed by atoms with van der Waals surface area (Å²) >= 11 is 0. The zero-order valence-electron chi connectivity index (χ0n) is 13.4. The summed E-state index contributed by atoms with van der Waals surface area (Å²) < 4.78 is 30.1. The molecular formula is C16H34O3S. The Morgan fingerprint density at radius 1 is 0.800 bits per heavy atom. The van der Waals surface area contributed by atoms with Crippen LogP contribution in [-0.2, 0) is 10.1 Å². The van der Waals surface area contributed by atoms with Crippen LogP contribution in [0.5, 0.6) is 0 Å². The fourth-order valence-corrected chi connectivity index (χ4v) is 3.49. The minimum absolute atomic E-state index is 0.0727. The first-order valence-electron chi connectivity index (χ1n) is 8.41. The number of rotatable bonds is 14. The first-order valence-corrected chi connectivity index (χ1v) is 10.0. The molecule has 0 bridgehead atoms. The smallest absolute Gasteiger partial charge is 0.265 e. The van der Waals surface area contributed by atoms with Gasteiger partial charge in [0.1, 0.15) is 0 Å². The highest BCUT2D eigenvalue weighted by Gasteiger charge is 2.11. The third-order valence-corrected chi connectivity index (χ3v) is 4.79. The van der Waals surface area contributed by atoms with Crippen LogP contribution >= 0.6 is 0 Å². The molecule has 1 N–H and O–H groups in total. The summed E-state index contributed by atoms with van der Waals surface area (Å²) in [6, 6.07) is 0. The van der Waals surface area contributed by atoms with Crippen molar-refractivity contribution in [3.05, 3.63) is 0 Å². The fraction of sp³-hybridized carbons (Fsp3) is 1.00.